The molecule has 0 bridgehead atoms. The van der Waals surface area contributed by atoms with Crippen LogP contribution in [-0.2, 0) is 0 Å². The van der Waals surface area contributed by atoms with Crippen molar-refractivity contribution in [3.05, 3.63) is 0 Å². The summed E-state index contributed by atoms with van der Waals surface area (Å²) in [5.41, 5.74) is 0. The SMILES string of the molecule is CCN(CC)CCSC[C@@H](C)O. The minimum absolute atomic E-state index is 0.160. The lowest BCUT2D eigenvalue weighted by Crippen LogP contribution is -2.25. The van der Waals surface area contributed by atoms with Gasteiger partial charge in [-0.25, -0.2) is 0 Å². The lowest BCUT2D eigenvalue weighted by molar-refractivity contribution is 0.220. The summed E-state index contributed by atoms with van der Waals surface area (Å²) in [7, 11) is 0. The summed E-state index contributed by atoms with van der Waals surface area (Å²) in [5.74, 6) is 1.99. The number of nitrogens with zero attached hydrogens (tertiary/aromatic N) is 1. The van der Waals surface area contributed by atoms with E-state index in [2.05, 4.69) is 18.7 Å². The van der Waals surface area contributed by atoms with Gasteiger partial charge in [-0.05, 0) is 20.0 Å². The molecule has 0 radical (unpaired) electrons. The molecular weight excluding hydrogens is 170 g/mol. The van der Waals surface area contributed by atoms with Crippen LogP contribution in [0, 0.1) is 0 Å². The van der Waals surface area contributed by atoms with E-state index in [1.165, 1.54) is 0 Å². The van der Waals surface area contributed by atoms with Crippen LogP contribution in [0.15, 0.2) is 0 Å². The van der Waals surface area contributed by atoms with Gasteiger partial charge in [-0.15, -0.1) is 0 Å². The van der Waals surface area contributed by atoms with Crippen molar-refractivity contribution < 1.29 is 5.11 Å². The van der Waals surface area contributed by atoms with E-state index in [-0.39, 0.29) is 6.10 Å². The lowest BCUT2D eigenvalue weighted by atomic mass is 10.5. The summed E-state index contributed by atoms with van der Waals surface area (Å²) in [5, 5.41) is 9.00. The average Bonchev–Trinajstić information content (AvgIpc) is 2.04. The molecule has 0 rings (SSSR count). The first-order valence-electron chi connectivity index (χ1n) is 4.68. The predicted molar refractivity (Wildman–Crippen MR) is 56.8 cm³/mol. The third-order valence-corrected chi connectivity index (χ3v) is 2.99. The summed E-state index contributed by atoms with van der Waals surface area (Å²) >= 11 is 1.83. The maximum atomic E-state index is 9.00. The van der Waals surface area contributed by atoms with Crippen LogP contribution in [0.2, 0.25) is 0 Å². The van der Waals surface area contributed by atoms with Crippen LogP contribution >= 0.6 is 11.8 Å². The van der Waals surface area contributed by atoms with Crippen molar-refractivity contribution in [3.63, 3.8) is 0 Å². The first kappa shape index (κ1) is 12.3. The van der Waals surface area contributed by atoms with E-state index in [4.69, 9.17) is 5.11 Å². The third kappa shape index (κ3) is 6.95. The number of hydrogen-bond acceptors (Lipinski definition) is 3. The van der Waals surface area contributed by atoms with Crippen molar-refractivity contribution >= 4 is 11.8 Å². The van der Waals surface area contributed by atoms with Gasteiger partial charge in [-0.2, -0.15) is 11.8 Å². The van der Waals surface area contributed by atoms with Crippen molar-refractivity contribution in [1.82, 2.24) is 4.90 Å². The van der Waals surface area contributed by atoms with Crippen molar-refractivity contribution in [2.24, 2.45) is 0 Å². The highest BCUT2D eigenvalue weighted by Gasteiger charge is 1.99. The molecule has 0 unspecified atom stereocenters. The van der Waals surface area contributed by atoms with E-state index >= 15 is 0 Å². The number of aliphatic hydroxyl groups excluding tert-OH is 1. The van der Waals surface area contributed by atoms with Crippen molar-refractivity contribution in [2.45, 2.75) is 26.9 Å². The normalized spacial score (nSPS) is 13.8. The largest absolute Gasteiger partial charge is 0.393 e. The molecule has 3 heteroatoms. The van der Waals surface area contributed by atoms with Crippen LogP contribution in [0.1, 0.15) is 20.8 Å². The monoisotopic (exact) mass is 191 g/mol. The zero-order valence-electron chi connectivity index (χ0n) is 8.42. The Kier molecular flexibility index (Phi) is 8.07. The second-order valence-corrected chi connectivity index (χ2v) is 4.10. The minimum atomic E-state index is -0.160. The zero-order chi connectivity index (χ0) is 9.40. The average molecular weight is 191 g/mol. The molecule has 0 aliphatic rings. The highest BCUT2D eigenvalue weighted by atomic mass is 32.2. The van der Waals surface area contributed by atoms with Gasteiger partial charge < -0.3 is 10.0 Å². The standard InChI is InChI=1S/C9H21NOS/c1-4-10(5-2)6-7-12-8-9(3)11/h9,11H,4-8H2,1-3H3/t9-/m1/s1. The Balaban J connectivity index is 3.17. The van der Waals surface area contributed by atoms with Crippen LogP contribution in [0.3, 0.4) is 0 Å². The number of hydrogen-bond donors (Lipinski definition) is 1. The molecule has 0 saturated heterocycles. The third-order valence-electron chi connectivity index (χ3n) is 1.81. The summed E-state index contributed by atoms with van der Waals surface area (Å²) < 4.78 is 0. The van der Waals surface area contributed by atoms with Gasteiger partial charge in [-0.1, -0.05) is 13.8 Å². The van der Waals surface area contributed by atoms with E-state index in [9.17, 15) is 0 Å². The lowest BCUT2D eigenvalue weighted by Gasteiger charge is -2.17. The molecule has 0 heterocycles. The molecule has 12 heavy (non-hydrogen) atoms. The van der Waals surface area contributed by atoms with Crippen LogP contribution in [-0.4, -0.2) is 47.3 Å². The molecule has 1 atom stereocenters. The molecule has 74 valence electrons. The van der Waals surface area contributed by atoms with E-state index in [0.717, 1.165) is 31.1 Å². The van der Waals surface area contributed by atoms with Gasteiger partial charge in [0.15, 0.2) is 0 Å². The summed E-state index contributed by atoms with van der Waals surface area (Å²) in [4.78, 5) is 2.40. The van der Waals surface area contributed by atoms with E-state index < -0.39 is 0 Å². The fourth-order valence-corrected chi connectivity index (χ4v) is 1.88. The fourth-order valence-electron chi connectivity index (χ4n) is 0.987. The maximum Gasteiger partial charge on any atom is 0.0602 e. The van der Waals surface area contributed by atoms with Crippen LogP contribution < -0.4 is 0 Å². The van der Waals surface area contributed by atoms with Gasteiger partial charge in [0.1, 0.15) is 0 Å². The first-order valence-corrected chi connectivity index (χ1v) is 5.84. The van der Waals surface area contributed by atoms with Crippen LogP contribution in [0.25, 0.3) is 0 Å². The predicted octanol–water partition coefficient (Wildman–Crippen LogP) is 1.44. The van der Waals surface area contributed by atoms with Crippen molar-refractivity contribution in [3.8, 4) is 0 Å². The molecule has 0 aromatic rings. The highest BCUT2D eigenvalue weighted by Crippen LogP contribution is 2.03. The molecule has 0 spiro atoms. The summed E-state index contributed by atoms with van der Waals surface area (Å²) in [6.07, 6.45) is -0.160. The molecule has 0 fully saturated rings. The maximum absolute atomic E-state index is 9.00. The molecular formula is C9H21NOS. The van der Waals surface area contributed by atoms with Crippen LogP contribution in [0.4, 0.5) is 0 Å². The van der Waals surface area contributed by atoms with Gasteiger partial charge in [0, 0.05) is 18.1 Å². The first-order chi connectivity index (χ1) is 5.70. The quantitative estimate of drug-likeness (QED) is 0.616. The minimum Gasteiger partial charge on any atom is -0.393 e. The Morgan fingerprint density at radius 1 is 1.33 bits per heavy atom. The summed E-state index contributed by atoms with van der Waals surface area (Å²) in [6, 6.07) is 0. The van der Waals surface area contributed by atoms with Gasteiger partial charge in [0.05, 0.1) is 6.10 Å². The number of rotatable bonds is 7. The Hall–Kier alpha value is 0.270. The van der Waals surface area contributed by atoms with E-state index in [1.807, 2.05) is 18.7 Å². The molecule has 2 nitrogen and oxygen atoms in total. The molecule has 0 aliphatic heterocycles. The van der Waals surface area contributed by atoms with Crippen molar-refractivity contribution in [2.75, 3.05) is 31.1 Å². The molecule has 0 amide bonds. The van der Waals surface area contributed by atoms with Gasteiger partial charge in [-0.3, -0.25) is 0 Å². The van der Waals surface area contributed by atoms with E-state index in [1.54, 1.807) is 0 Å². The highest BCUT2D eigenvalue weighted by molar-refractivity contribution is 7.99. The van der Waals surface area contributed by atoms with Gasteiger partial charge in [0.25, 0.3) is 0 Å². The van der Waals surface area contributed by atoms with Crippen LogP contribution in [0.5, 0.6) is 0 Å². The van der Waals surface area contributed by atoms with Gasteiger partial charge in [0.2, 0.25) is 0 Å². The second-order valence-electron chi connectivity index (χ2n) is 2.95. The number of thioether (sulfide) groups is 1. The van der Waals surface area contributed by atoms with Gasteiger partial charge >= 0.3 is 0 Å². The zero-order valence-corrected chi connectivity index (χ0v) is 9.23. The van der Waals surface area contributed by atoms with E-state index in [0.29, 0.717) is 0 Å². The molecule has 0 aromatic carbocycles. The summed E-state index contributed by atoms with van der Waals surface area (Å²) in [6.45, 7) is 9.61. The molecule has 0 aromatic heterocycles. The molecule has 1 N–H and O–H groups in total. The second kappa shape index (κ2) is 7.90. The molecule has 0 saturated carbocycles. The Labute approximate surface area is 80.3 Å². The number of aliphatic hydroxyl groups is 1. The topological polar surface area (TPSA) is 23.5 Å². The smallest absolute Gasteiger partial charge is 0.0602 e. The van der Waals surface area contributed by atoms with Crippen molar-refractivity contribution in [1.29, 1.82) is 0 Å². The Morgan fingerprint density at radius 3 is 2.33 bits per heavy atom. The Morgan fingerprint density at radius 2 is 1.92 bits per heavy atom. The fraction of sp³-hybridized carbons (Fsp3) is 1.00. The Bertz CT molecular complexity index is 94.5. The molecule has 0 aliphatic carbocycles.